The van der Waals surface area contributed by atoms with E-state index in [4.69, 9.17) is 28.0 Å². The van der Waals surface area contributed by atoms with Crippen LogP contribution in [0.1, 0.15) is 59.3 Å². The van der Waals surface area contributed by atoms with Crippen molar-refractivity contribution in [3.05, 3.63) is 52.9 Å². The Morgan fingerprint density at radius 1 is 1.08 bits per heavy atom. The van der Waals surface area contributed by atoms with Crippen molar-refractivity contribution in [2.75, 3.05) is 20.6 Å². The Morgan fingerprint density at radius 3 is 2.69 bits per heavy atom. The second-order valence-electron chi connectivity index (χ2n) is 5.25. The van der Waals surface area contributed by atoms with Crippen molar-refractivity contribution >= 4 is 0 Å². The molecule has 0 bridgehead atoms. The molecule has 1 unspecified atom stereocenters. The minimum absolute atomic E-state index is 0.219. The van der Waals surface area contributed by atoms with E-state index in [1.54, 1.807) is 0 Å². The van der Waals surface area contributed by atoms with E-state index in [9.17, 15) is 5.11 Å². The van der Waals surface area contributed by atoms with Gasteiger partial charge in [-0.1, -0.05) is 18.5 Å². The highest BCUT2D eigenvalue weighted by molar-refractivity contribution is 5.42. The van der Waals surface area contributed by atoms with Gasteiger partial charge in [0.15, 0.2) is 11.5 Å². The number of aliphatic hydroxyl groups is 1. The Balaban J connectivity index is 2.41. The van der Waals surface area contributed by atoms with Crippen molar-refractivity contribution in [3.8, 4) is 17.2 Å². The summed E-state index contributed by atoms with van der Waals surface area (Å²) in [6.07, 6.45) is -7.92. The third-order valence-electron chi connectivity index (χ3n) is 3.34. The first-order chi connectivity index (χ1) is 19.1. The van der Waals surface area contributed by atoms with Crippen LogP contribution in [0, 0.1) is 13.8 Å². The molecule has 0 saturated heterocycles. The molecule has 1 N–H and O–H groups in total. The molecule has 0 amide bonds. The molecule has 4 nitrogen and oxygen atoms in total. The standard InChI is InChI=1S/C22H30O4/c1-16-9-11-20(13-17(16)2)26-15-19(23)8-6-5-7-18-10-12-21(24-3)22(14-18)25-4/h9-14,19,23H,5-8,15H2,1-4H3/i3D3,4D3,7D2,9D,10D,11D,12D,13D,14D,15D2,19D. The van der Waals surface area contributed by atoms with Gasteiger partial charge in [0.25, 0.3) is 0 Å². The highest BCUT2D eigenvalue weighted by atomic mass is 16.5. The summed E-state index contributed by atoms with van der Waals surface area (Å²) in [7, 11) is -6.53. The van der Waals surface area contributed by atoms with Gasteiger partial charge in [-0.2, -0.15) is 0 Å². The maximum atomic E-state index is 10.6. The minimum atomic E-state index is -3.29. The molecule has 142 valence electrons. The molecule has 0 aromatic heterocycles. The Bertz CT molecular complexity index is 1340. The van der Waals surface area contributed by atoms with Crippen LogP contribution in [-0.4, -0.2) is 31.8 Å². The molecule has 2 aromatic carbocycles. The SMILES string of the molecule is [2H]c1c([2H])c(OC([2H])([2H])C([2H])(O)CCCC([2H])([2H])c2c([2H])c([2H])c(OC([2H])([2H])[2H])c(OC([2H])([2H])[2H])c2[2H])c([2H])c(C)c1C. The Hall–Kier alpha value is -2.20. The molecule has 0 aliphatic rings. The molecule has 0 fully saturated rings. The second-order valence-corrected chi connectivity index (χ2v) is 5.25. The van der Waals surface area contributed by atoms with Crippen LogP contribution in [0.5, 0.6) is 17.2 Å². The fourth-order valence-electron chi connectivity index (χ4n) is 1.83. The largest absolute Gasteiger partial charge is 0.493 e. The highest BCUT2D eigenvalue weighted by Gasteiger charge is 2.07. The maximum Gasteiger partial charge on any atom is 0.160 e. The van der Waals surface area contributed by atoms with Crippen LogP contribution in [0.3, 0.4) is 0 Å². The summed E-state index contributed by atoms with van der Waals surface area (Å²) in [6.45, 7) is -0.336. The van der Waals surface area contributed by atoms with Gasteiger partial charge >= 0.3 is 0 Å². The lowest BCUT2D eigenvalue weighted by atomic mass is 10.0. The van der Waals surface area contributed by atoms with Crippen LogP contribution in [0.4, 0.5) is 0 Å². The van der Waals surface area contributed by atoms with E-state index in [1.165, 1.54) is 13.8 Å². The van der Waals surface area contributed by atoms with Crippen molar-refractivity contribution in [1.29, 1.82) is 0 Å². The average molecular weight is 376 g/mol. The van der Waals surface area contributed by atoms with Gasteiger partial charge in [-0.05, 0) is 73.9 Å². The Kier molecular flexibility index (Phi) is 2.74. The number of hydrogen-bond donors (Lipinski definition) is 1. The topological polar surface area (TPSA) is 47.9 Å². The third-order valence-corrected chi connectivity index (χ3v) is 3.34. The zero-order valence-electron chi connectivity index (χ0n) is 31.3. The van der Waals surface area contributed by atoms with E-state index < -0.39 is 105 Å². The molecular formula is C22H30O4. The molecule has 0 heterocycles. The fourth-order valence-corrected chi connectivity index (χ4v) is 1.83. The summed E-state index contributed by atoms with van der Waals surface area (Å²) in [4.78, 5) is 0. The van der Waals surface area contributed by atoms with Gasteiger partial charge in [0.1, 0.15) is 12.3 Å². The van der Waals surface area contributed by atoms with E-state index in [-0.39, 0.29) is 17.2 Å². The van der Waals surface area contributed by atoms with Crippen molar-refractivity contribution in [2.24, 2.45) is 0 Å². The van der Waals surface area contributed by atoms with Gasteiger partial charge in [0.2, 0.25) is 0 Å². The lowest BCUT2D eigenvalue weighted by molar-refractivity contribution is 0.0976. The van der Waals surface area contributed by atoms with Gasteiger partial charge in [-0.15, -0.1) is 0 Å². The smallest absolute Gasteiger partial charge is 0.160 e. The van der Waals surface area contributed by atoms with Gasteiger partial charge in [0.05, 0.1) is 40.7 Å². The number of rotatable bonds is 10. The summed E-state index contributed by atoms with van der Waals surface area (Å²) >= 11 is 0. The van der Waals surface area contributed by atoms with Crippen molar-refractivity contribution < 1.29 is 42.6 Å². The van der Waals surface area contributed by atoms with Crippen LogP contribution in [-0.2, 0) is 6.37 Å². The van der Waals surface area contributed by atoms with Crippen LogP contribution >= 0.6 is 0 Å². The normalized spacial score (nSPS) is 24.7. The van der Waals surface area contributed by atoms with E-state index in [1.807, 2.05) is 0 Å². The zero-order chi connectivity index (χ0) is 33.7. The molecule has 2 rings (SSSR count). The molecule has 0 saturated carbocycles. The van der Waals surface area contributed by atoms with Crippen LogP contribution in [0.2, 0.25) is 0 Å². The van der Waals surface area contributed by atoms with E-state index in [0.29, 0.717) is 0 Å². The van der Waals surface area contributed by atoms with Gasteiger partial charge in [-0.25, -0.2) is 0 Å². The minimum Gasteiger partial charge on any atom is -0.493 e. The monoisotopic (exact) mass is 375 g/mol. The summed E-state index contributed by atoms with van der Waals surface area (Å²) in [6, 6.07) is -4.59. The average Bonchev–Trinajstić information content (AvgIpc) is 2.83. The fraction of sp³-hybridized carbons (Fsp3) is 0.455. The molecule has 26 heavy (non-hydrogen) atoms. The number of hydrogen-bond acceptors (Lipinski definition) is 4. The quantitative estimate of drug-likeness (QED) is 0.665. The van der Waals surface area contributed by atoms with Crippen molar-refractivity contribution in [3.63, 3.8) is 0 Å². The first kappa shape index (κ1) is 7.08. The molecule has 0 aliphatic heterocycles. The van der Waals surface area contributed by atoms with Crippen molar-refractivity contribution in [1.82, 2.24) is 0 Å². The van der Waals surface area contributed by atoms with E-state index >= 15 is 0 Å². The number of ether oxygens (including phenoxy) is 3. The lowest BCUT2D eigenvalue weighted by Gasteiger charge is -2.13. The summed E-state index contributed by atoms with van der Waals surface area (Å²) < 4.78 is 148. The van der Waals surface area contributed by atoms with Gasteiger partial charge in [-0.3, -0.25) is 0 Å². The Morgan fingerprint density at radius 2 is 1.88 bits per heavy atom. The molecule has 2 aromatic rings. The zero-order valence-corrected chi connectivity index (χ0v) is 14.3. The predicted molar refractivity (Wildman–Crippen MR) is 105 cm³/mol. The van der Waals surface area contributed by atoms with Gasteiger partial charge in [0, 0.05) is 2.74 Å². The lowest BCUT2D eigenvalue weighted by Crippen LogP contribution is -2.17. The van der Waals surface area contributed by atoms with Crippen LogP contribution in [0.25, 0.3) is 0 Å². The Labute approximate surface area is 180 Å². The third kappa shape index (κ3) is 5.95. The van der Waals surface area contributed by atoms with Gasteiger partial charge < -0.3 is 19.3 Å². The summed E-state index contributed by atoms with van der Waals surface area (Å²) in [5.74, 6) is -2.88. The van der Waals surface area contributed by atoms with Crippen LogP contribution < -0.4 is 14.2 Å². The van der Waals surface area contributed by atoms with E-state index in [0.717, 1.165) is 0 Å². The van der Waals surface area contributed by atoms with Crippen molar-refractivity contribution in [2.45, 2.75) is 45.6 Å². The highest BCUT2D eigenvalue weighted by Crippen LogP contribution is 2.28. The summed E-state index contributed by atoms with van der Waals surface area (Å²) in [5, 5.41) is 10.6. The van der Waals surface area contributed by atoms with E-state index in [2.05, 4.69) is 9.47 Å². The number of methoxy groups -OCH3 is 2. The molecule has 0 spiro atoms. The summed E-state index contributed by atoms with van der Waals surface area (Å²) in [5.41, 5.74) is -0.370. The molecule has 1 atom stereocenters. The molecule has 0 radical (unpaired) electrons. The first-order valence-corrected chi connectivity index (χ1v) is 7.66. The van der Waals surface area contributed by atoms with Crippen LogP contribution in [0.15, 0.2) is 36.3 Å². The molecular weight excluding hydrogens is 328 g/mol. The predicted octanol–water partition coefficient (Wildman–Crippen LogP) is 4.47. The first-order valence-electron chi connectivity index (χ1n) is 16.2. The second kappa shape index (κ2) is 10.1. The number of benzene rings is 2. The maximum absolute atomic E-state index is 10.6. The molecule has 0 aliphatic carbocycles. The molecule has 4 heteroatoms.